The second kappa shape index (κ2) is 9.67. The fourth-order valence-corrected chi connectivity index (χ4v) is 4.02. The van der Waals surface area contributed by atoms with Crippen molar-refractivity contribution in [2.24, 2.45) is 5.10 Å². The van der Waals surface area contributed by atoms with Crippen molar-refractivity contribution in [2.75, 3.05) is 11.4 Å². The SMILES string of the molecule is O=C(CN1C(=O)c2cccc3cccc1c23)N/N=C/c1ccc(OCc2ccc([N+](=O)[O-])cc2)cc1. The number of hydrazone groups is 1. The molecule has 0 fully saturated rings. The molecule has 2 amide bonds. The molecule has 0 saturated carbocycles. The molecule has 0 spiro atoms. The Hall–Kier alpha value is -5.05. The Labute approximate surface area is 205 Å². The lowest BCUT2D eigenvalue weighted by molar-refractivity contribution is -0.384. The van der Waals surface area contributed by atoms with Gasteiger partial charge in [-0.2, -0.15) is 5.10 Å². The van der Waals surface area contributed by atoms with E-state index in [2.05, 4.69) is 10.5 Å². The van der Waals surface area contributed by atoms with Gasteiger partial charge in [0.25, 0.3) is 17.5 Å². The minimum Gasteiger partial charge on any atom is -0.489 e. The van der Waals surface area contributed by atoms with Gasteiger partial charge in [-0.25, -0.2) is 5.43 Å². The highest BCUT2D eigenvalue weighted by Gasteiger charge is 2.30. The van der Waals surface area contributed by atoms with Crippen LogP contribution in [0.5, 0.6) is 5.75 Å². The molecular weight excluding hydrogens is 460 g/mol. The topological polar surface area (TPSA) is 114 Å². The maximum absolute atomic E-state index is 12.8. The quantitative estimate of drug-likeness (QED) is 0.228. The van der Waals surface area contributed by atoms with Gasteiger partial charge in [0.15, 0.2) is 0 Å². The van der Waals surface area contributed by atoms with Crippen LogP contribution in [0.4, 0.5) is 11.4 Å². The summed E-state index contributed by atoms with van der Waals surface area (Å²) >= 11 is 0. The summed E-state index contributed by atoms with van der Waals surface area (Å²) in [6.45, 7) is 0.133. The zero-order chi connectivity index (χ0) is 25.1. The summed E-state index contributed by atoms with van der Waals surface area (Å²) in [5, 5.41) is 16.5. The number of benzene rings is 4. The first-order valence-corrected chi connectivity index (χ1v) is 11.1. The molecule has 0 unspecified atom stereocenters. The van der Waals surface area contributed by atoms with Gasteiger partial charge in [-0.05, 0) is 65.0 Å². The molecule has 5 rings (SSSR count). The molecule has 0 aliphatic carbocycles. The third kappa shape index (κ3) is 4.62. The number of hydrogen-bond acceptors (Lipinski definition) is 6. The van der Waals surface area contributed by atoms with Crippen LogP contribution in [0.15, 0.2) is 90.0 Å². The fourth-order valence-electron chi connectivity index (χ4n) is 4.02. The van der Waals surface area contributed by atoms with Crippen LogP contribution < -0.4 is 15.1 Å². The summed E-state index contributed by atoms with van der Waals surface area (Å²) in [5.41, 5.74) is 5.36. The largest absolute Gasteiger partial charge is 0.489 e. The van der Waals surface area contributed by atoms with E-state index in [9.17, 15) is 19.7 Å². The number of carbonyl (C=O) groups is 2. The number of nitrogens with one attached hydrogen (secondary N) is 1. The molecule has 4 aromatic rings. The average molecular weight is 480 g/mol. The number of anilines is 1. The van der Waals surface area contributed by atoms with Crippen molar-refractivity contribution >= 4 is 40.2 Å². The van der Waals surface area contributed by atoms with Gasteiger partial charge < -0.3 is 4.74 Å². The van der Waals surface area contributed by atoms with Crippen LogP contribution in [0.2, 0.25) is 0 Å². The predicted octanol–water partition coefficient (Wildman–Crippen LogP) is 4.44. The predicted molar refractivity (Wildman–Crippen MR) is 135 cm³/mol. The zero-order valence-electron chi connectivity index (χ0n) is 19.0. The number of rotatable bonds is 8. The van der Waals surface area contributed by atoms with E-state index in [0.717, 1.165) is 27.6 Å². The van der Waals surface area contributed by atoms with Gasteiger partial charge in [-0.3, -0.25) is 24.6 Å². The van der Waals surface area contributed by atoms with Gasteiger partial charge in [0, 0.05) is 23.1 Å². The van der Waals surface area contributed by atoms with E-state index in [1.165, 1.54) is 23.2 Å². The van der Waals surface area contributed by atoms with Crippen LogP contribution in [0.3, 0.4) is 0 Å². The molecule has 1 aliphatic rings. The Kier molecular flexibility index (Phi) is 6.10. The standard InChI is InChI=1S/C27H20N4O5/c32-25(16-30-24-6-2-4-20-3-1-5-23(26(20)24)27(30)33)29-28-15-18-9-13-22(14-10-18)36-17-19-7-11-21(12-8-19)31(34)35/h1-15H,16-17H2,(H,29,32)/b28-15+. The number of nitrogens with zero attached hydrogens (tertiary/aromatic N) is 3. The van der Waals surface area contributed by atoms with Gasteiger partial charge in [0.05, 0.1) is 16.8 Å². The Morgan fingerprint density at radius 1 is 1.00 bits per heavy atom. The summed E-state index contributed by atoms with van der Waals surface area (Å²) in [6.07, 6.45) is 1.50. The molecule has 178 valence electrons. The summed E-state index contributed by atoms with van der Waals surface area (Å²) < 4.78 is 5.70. The second-order valence-corrected chi connectivity index (χ2v) is 8.15. The van der Waals surface area contributed by atoms with Gasteiger partial charge >= 0.3 is 0 Å². The lowest BCUT2D eigenvalue weighted by atomic mass is 10.1. The number of non-ortho nitro benzene ring substituents is 1. The molecule has 4 aromatic carbocycles. The smallest absolute Gasteiger partial charge is 0.269 e. The average Bonchev–Trinajstić information content (AvgIpc) is 3.16. The number of ether oxygens (including phenoxy) is 1. The van der Waals surface area contributed by atoms with Crippen molar-refractivity contribution in [3.63, 3.8) is 0 Å². The van der Waals surface area contributed by atoms with Crippen LogP contribution in [0.1, 0.15) is 21.5 Å². The van der Waals surface area contributed by atoms with Crippen LogP contribution >= 0.6 is 0 Å². The number of nitro benzene ring substituents is 1. The van der Waals surface area contributed by atoms with Crippen LogP contribution in [-0.4, -0.2) is 29.5 Å². The normalized spacial score (nSPS) is 12.3. The van der Waals surface area contributed by atoms with Crippen molar-refractivity contribution < 1.29 is 19.2 Å². The van der Waals surface area contributed by atoms with E-state index >= 15 is 0 Å². The zero-order valence-corrected chi connectivity index (χ0v) is 19.0. The van der Waals surface area contributed by atoms with E-state index in [1.54, 1.807) is 42.5 Å². The summed E-state index contributed by atoms with van der Waals surface area (Å²) in [4.78, 5) is 37.0. The van der Waals surface area contributed by atoms with Crippen LogP contribution in [0.25, 0.3) is 10.8 Å². The third-order valence-electron chi connectivity index (χ3n) is 5.79. The Morgan fingerprint density at radius 2 is 1.72 bits per heavy atom. The fraction of sp³-hybridized carbons (Fsp3) is 0.0741. The van der Waals surface area contributed by atoms with Gasteiger partial charge in [0.2, 0.25) is 0 Å². The van der Waals surface area contributed by atoms with Gasteiger partial charge in [-0.15, -0.1) is 0 Å². The van der Waals surface area contributed by atoms with Gasteiger partial charge in [-0.1, -0.05) is 24.3 Å². The molecule has 0 aromatic heterocycles. The summed E-state index contributed by atoms with van der Waals surface area (Å²) in [7, 11) is 0. The van der Waals surface area contributed by atoms with Crippen molar-refractivity contribution in [3.8, 4) is 5.75 Å². The highest BCUT2D eigenvalue weighted by atomic mass is 16.6. The lowest BCUT2D eigenvalue weighted by Crippen LogP contribution is -2.37. The number of nitro groups is 1. The highest BCUT2D eigenvalue weighted by Crippen LogP contribution is 2.36. The molecular formula is C27H20N4O5. The van der Waals surface area contributed by atoms with E-state index in [-0.39, 0.29) is 24.7 Å². The molecule has 1 aliphatic heterocycles. The van der Waals surface area contributed by atoms with Crippen molar-refractivity contribution in [3.05, 3.63) is 112 Å². The van der Waals surface area contributed by atoms with E-state index in [1.807, 2.05) is 30.3 Å². The van der Waals surface area contributed by atoms with E-state index < -0.39 is 10.8 Å². The maximum atomic E-state index is 12.8. The van der Waals surface area contributed by atoms with Crippen molar-refractivity contribution in [1.82, 2.24) is 5.43 Å². The second-order valence-electron chi connectivity index (χ2n) is 8.15. The Morgan fingerprint density at radius 3 is 2.44 bits per heavy atom. The number of carbonyl (C=O) groups excluding carboxylic acids is 2. The van der Waals surface area contributed by atoms with Crippen LogP contribution in [0, 0.1) is 10.1 Å². The first kappa shape index (κ1) is 22.7. The molecule has 0 radical (unpaired) electrons. The Bertz CT molecular complexity index is 1490. The molecule has 0 bridgehead atoms. The van der Waals surface area contributed by atoms with Crippen molar-refractivity contribution in [2.45, 2.75) is 6.61 Å². The molecule has 9 nitrogen and oxygen atoms in total. The molecule has 0 saturated heterocycles. The van der Waals surface area contributed by atoms with Gasteiger partial charge in [0.1, 0.15) is 18.9 Å². The number of amides is 2. The maximum Gasteiger partial charge on any atom is 0.269 e. The monoisotopic (exact) mass is 480 g/mol. The Balaban J connectivity index is 1.14. The minimum atomic E-state index is -0.446. The molecule has 1 N–H and O–H groups in total. The summed E-state index contributed by atoms with van der Waals surface area (Å²) in [5.74, 6) is 0.00790. The summed E-state index contributed by atoms with van der Waals surface area (Å²) in [6, 6.07) is 24.4. The molecule has 0 atom stereocenters. The molecule has 1 heterocycles. The highest BCUT2D eigenvalue weighted by molar-refractivity contribution is 6.26. The van der Waals surface area contributed by atoms with Crippen molar-refractivity contribution in [1.29, 1.82) is 0 Å². The first-order chi connectivity index (χ1) is 17.5. The van der Waals surface area contributed by atoms with E-state index in [0.29, 0.717) is 11.3 Å². The van der Waals surface area contributed by atoms with E-state index in [4.69, 9.17) is 4.74 Å². The number of hydrogen-bond donors (Lipinski definition) is 1. The third-order valence-corrected chi connectivity index (χ3v) is 5.79. The molecule has 36 heavy (non-hydrogen) atoms. The molecule has 9 heteroatoms. The van der Waals surface area contributed by atoms with Crippen LogP contribution in [-0.2, 0) is 11.4 Å². The lowest BCUT2D eigenvalue weighted by Gasteiger charge is -2.16. The first-order valence-electron chi connectivity index (χ1n) is 11.1. The minimum absolute atomic E-state index is 0.0315.